The molecule has 0 bridgehead atoms. The molecule has 0 radical (unpaired) electrons. The van der Waals surface area contributed by atoms with Crippen molar-refractivity contribution in [3.8, 4) is 5.75 Å². The smallest absolute Gasteiger partial charge is 0.406 e. The maximum atomic E-state index is 12.4. The Hall–Kier alpha value is -2.35. The molecule has 1 N–H and O–H groups in total. The van der Waals surface area contributed by atoms with Crippen LogP contribution in [0.1, 0.15) is 34.5 Å². The minimum Gasteiger partial charge on any atom is -0.406 e. The van der Waals surface area contributed by atoms with E-state index in [1.807, 2.05) is 0 Å². The molecule has 140 valence electrons. The molecular formula is C18H18F3NO3S. The average Bonchev–Trinajstić information content (AvgIpc) is 2.53. The summed E-state index contributed by atoms with van der Waals surface area (Å²) in [5, 5.41) is 2.78. The highest BCUT2D eigenvalue weighted by Crippen LogP contribution is 2.24. The van der Waals surface area contributed by atoms with Gasteiger partial charge in [-0.05, 0) is 42.3 Å². The van der Waals surface area contributed by atoms with Crippen LogP contribution in [0.2, 0.25) is 0 Å². The van der Waals surface area contributed by atoms with Crippen molar-refractivity contribution in [1.29, 1.82) is 0 Å². The van der Waals surface area contributed by atoms with Crippen molar-refractivity contribution in [2.45, 2.75) is 25.1 Å². The molecule has 0 spiro atoms. The third kappa shape index (κ3) is 6.18. The van der Waals surface area contributed by atoms with E-state index in [0.717, 1.165) is 5.56 Å². The molecule has 2 rings (SSSR count). The largest absolute Gasteiger partial charge is 0.573 e. The van der Waals surface area contributed by atoms with Gasteiger partial charge in [-0.3, -0.25) is 9.00 Å². The topological polar surface area (TPSA) is 55.4 Å². The summed E-state index contributed by atoms with van der Waals surface area (Å²) in [6.45, 7) is 1.72. The van der Waals surface area contributed by atoms with E-state index in [2.05, 4.69) is 10.1 Å². The van der Waals surface area contributed by atoms with Crippen LogP contribution in [0, 0.1) is 0 Å². The molecule has 2 aromatic rings. The Labute approximate surface area is 151 Å². The van der Waals surface area contributed by atoms with Gasteiger partial charge in [-0.15, -0.1) is 13.2 Å². The first kappa shape index (κ1) is 20.0. The van der Waals surface area contributed by atoms with E-state index in [0.29, 0.717) is 16.9 Å². The molecule has 0 aliphatic heterocycles. The number of benzene rings is 2. The Morgan fingerprint density at radius 1 is 1.19 bits per heavy atom. The number of rotatable bonds is 6. The van der Waals surface area contributed by atoms with E-state index in [9.17, 15) is 22.2 Å². The van der Waals surface area contributed by atoms with Crippen molar-refractivity contribution in [1.82, 2.24) is 5.32 Å². The summed E-state index contributed by atoms with van der Waals surface area (Å²) in [4.78, 5) is 12.4. The van der Waals surface area contributed by atoms with Crippen LogP contribution < -0.4 is 10.1 Å². The number of ether oxygens (including phenoxy) is 1. The lowest BCUT2D eigenvalue weighted by Gasteiger charge is -2.16. The molecule has 0 saturated carbocycles. The maximum Gasteiger partial charge on any atom is 0.573 e. The summed E-state index contributed by atoms with van der Waals surface area (Å²) >= 11 is 0. The lowest BCUT2D eigenvalue weighted by molar-refractivity contribution is -0.274. The van der Waals surface area contributed by atoms with Crippen LogP contribution in [0.25, 0.3) is 0 Å². The molecule has 1 amide bonds. The second-order valence-corrected chi connectivity index (χ2v) is 7.16. The molecule has 0 aliphatic carbocycles. The van der Waals surface area contributed by atoms with Crippen molar-refractivity contribution in [2.75, 3.05) is 6.26 Å². The number of hydrogen-bond acceptors (Lipinski definition) is 3. The fraction of sp³-hybridized carbons (Fsp3) is 0.278. The highest BCUT2D eigenvalue weighted by molar-refractivity contribution is 7.83. The van der Waals surface area contributed by atoms with Crippen LogP contribution in [-0.4, -0.2) is 22.7 Å². The summed E-state index contributed by atoms with van der Waals surface area (Å²) < 4.78 is 51.6. The Kier molecular flexibility index (Phi) is 6.42. The first-order chi connectivity index (χ1) is 12.1. The number of nitrogens with one attached hydrogen (secondary N) is 1. The molecule has 0 fully saturated rings. The van der Waals surface area contributed by atoms with Crippen LogP contribution in [0.15, 0.2) is 48.5 Å². The van der Waals surface area contributed by atoms with Gasteiger partial charge in [0.05, 0.1) is 6.04 Å². The van der Waals surface area contributed by atoms with E-state index in [-0.39, 0.29) is 11.7 Å². The standard InChI is InChI=1S/C18H18F3NO3S/c1-12(14-6-8-16(9-7-14)25-18(19,20)21)22-17(23)15-5-3-4-13(10-15)11-26(2)24/h3-10,12H,11H2,1-2H3,(H,22,23)/t12-,26+/m0/s1. The lowest BCUT2D eigenvalue weighted by atomic mass is 10.1. The summed E-state index contributed by atoms with van der Waals surface area (Å²) in [7, 11) is -1.01. The molecule has 2 atom stereocenters. The molecule has 26 heavy (non-hydrogen) atoms. The van der Waals surface area contributed by atoms with Gasteiger partial charge in [0, 0.05) is 28.4 Å². The van der Waals surface area contributed by atoms with Crippen LogP contribution in [0.3, 0.4) is 0 Å². The Bertz CT molecular complexity index is 791. The minimum absolute atomic E-state index is 0.319. The molecule has 0 aromatic heterocycles. The Morgan fingerprint density at radius 2 is 1.85 bits per heavy atom. The maximum absolute atomic E-state index is 12.4. The van der Waals surface area contributed by atoms with Crippen LogP contribution in [-0.2, 0) is 16.6 Å². The van der Waals surface area contributed by atoms with Crippen molar-refractivity contribution < 1.29 is 26.9 Å². The number of carbonyl (C=O) groups is 1. The number of hydrogen-bond donors (Lipinski definition) is 1. The molecule has 8 heteroatoms. The Morgan fingerprint density at radius 3 is 2.42 bits per heavy atom. The van der Waals surface area contributed by atoms with Crippen molar-refractivity contribution in [2.24, 2.45) is 0 Å². The first-order valence-electron chi connectivity index (χ1n) is 7.69. The SMILES string of the molecule is C[C@H](NC(=O)c1cccc(C[S@@](C)=O)c1)c1ccc(OC(F)(F)F)cc1. The predicted molar refractivity (Wildman–Crippen MR) is 93.2 cm³/mol. The van der Waals surface area contributed by atoms with E-state index in [1.54, 1.807) is 37.4 Å². The molecule has 0 unspecified atom stereocenters. The second kappa shape index (κ2) is 8.35. The first-order valence-corrected chi connectivity index (χ1v) is 9.42. The zero-order valence-corrected chi connectivity index (χ0v) is 15.0. The molecular weight excluding hydrogens is 367 g/mol. The molecule has 4 nitrogen and oxygen atoms in total. The molecule has 2 aromatic carbocycles. The van der Waals surface area contributed by atoms with Crippen LogP contribution in [0.5, 0.6) is 5.75 Å². The van der Waals surface area contributed by atoms with Gasteiger partial charge in [-0.1, -0.05) is 24.3 Å². The van der Waals surface area contributed by atoms with E-state index in [1.165, 1.54) is 24.3 Å². The van der Waals surface area contributed by atoms with E-state index >= 15 is 0 Å². The van der Waals surface area contributed by atoms with Gasteiger partial charge in [-0.2, -0.15) is 0 Å². The third-order valence-electron chi connectivity index (χ3n) is 3.52. The average molecular weight is 385 g/mol. The molecule has 0 saturated heterocycles. The highest BCUT2D eigenvalue weighted by Gasteiger charge is 2.31. The van der Waals surface area contributed by atoms with Gasteiger partial charge < -0.3 is 10.1 Å². The third-order valence-corrected chi connectivity index (χ3v) is 4.26. The fourth-order valence-corrected chi connectivity index (χ4v) is 3.01. The summed E-state index contributed by atoms with van der Waals surface area (Å²) in [6, 6.07) is 11.7. The van der Waals surface area contributed by atoms with Crippen LogP contribution >= 0.6 is 0 Å². The fourth-order valence-electron chi connectivity index (χ4n) is 2.36. The van der Waals surface area contributed by atoms with Gasteiger partial charge in [0.25, 0.3) is 5.91 Å². The molecule has 0 heterocycles. The van der Waals surface area contributed by atoms with Gasteiger partial charge in [0.1, 0.15) is 5.75 Å². The second-order valence-electron chi connectivity index (χ2n) is 5.73. The normalized spacial score (nSPS) is 13.7. The van der Waals surface area contributed by atoms with Crippen molar-refractivity contribution in [3.05, 3.63) is 65.2 Å². The van der Waals surface area contributed by atoms with E-state index in [4.69, 9.17) is 0 Å². The van der Waals surface area contributed by atoms with Crippen molar-refractivity contribution >= 4 is 16.7 Å². The quantitative estimate of drug-likeness (QED) is 0.819. The predicted octanol–water partition coefficient (Wildman–Crippen LogP) is 3.95. The van der Waals surface area contributed by atoms with Crippen molar-refractivity contribution in [3.63, 3.8) is 0 Å². The monoisotopic (exact) mass is 385 g/mol. The summed E-state index contributed by atoms with van der Waals surface area (Å²) in [5.74, 6) is -0.283. The zero-order valence-electron chi connectivity index (χ0n) is 14.2. The van der Waals surface area contributed by atoms with E-state index < -0.39 is 23.2 Å². The number of alkyl halides is 3. The summed E-state index contributed by atoms with van der Waals surface area (Å²) in [5.41, 5.74) is 1.86. The Balaban J connectivity index is 2.03. The number of carbonyl (C=O) groups excluding carboxylic acids is 1. The zero-order chi connectivity index (χ0) is 19.3. The van der Waals surface area contributed by atoms with Gasteiger partial charge in [0.15, 0.2) is 0 Å². The number of amides is 1. The lowest BCUT2D eigenvalue weighted by Crippen LogP contribution is -2.26. The van der Waals surface area contributed by atoms with Gasteiger partial charge in [-0.25, -0.2) is 0 Å². The van der Waals surface area contributed by atoms with Gasteiger partial charge >= 0.3 is 6.36 Å². The molecule has 0 aliphatic rings. The summed E-state index contributed by atoms with van der Waals surface area (Å²) in [6.07, 6.45) is -3.16. The minimum atomic E-state index is -4.74. The van der Waals surface area contributed by atoms with Gasteiger partial charge in [0.2, 0.25) is 0 Å². The number of halogens is 3. The van der Waals surface area contributed by atoms with Crippen LogP contribution in [0.4, 0.5) is 13.2 Å². The highest BCUT2D eigenvalue weighted by atomic mass is 32.2.